The summed E-state index contributed by atoms with van der Waals surface area (Å²) in [4.78, 5) is 12.9. The Morgan fingerprint density at radius 1 is 1.21 bits per heavy atom. The monoisotopic (exact) mass is 324 g/mol. The maximum absolute atomic E-state index is 11.0. The zero-order valence-electron chi connectivity index (χ0n) is 14.1. The van der Waals surface area contributed by atoms with Crippen molar-refractivity contribution in [3.8, 4) is 5.75 Å². The highest BCUT2D eigenvalue weighted by Crippen LogP contribution is 2.55. The fourth-order valence-corrected chi connectivity index (χ4v) is 4.31. The molecule has 0 fully saturated rings. The Hall–Kier alpha value is -2.56. The topological polar surface area (TPSA) is 55.6 Å². The van der Waals surface area contributed by atoms with Gasteiger partial charge in [-0.3, -0.25) is 10.1 Å². The van der Waals surface area contributed by atoms with Crippen LogP contribution in [0.5, 0.6) is 5.75 Å². The predicted molar refractivity (Wildman–Crippen MR) is 92.6 cm³/mol. The zero-order valence-corrected chi connectivity index (χ0v) is 14.1. The Kier molecular flexibility index (Phi) is 2.95. The highest BCUT2D eigenvalue weighted by atomic mass is 16.6. The molecule has 0 bridgehead atoms. The normalized spacial score (nSPS) is 23.5. The van der Waals surface area contributed by atoms with Gasteiger partial charge in [0.2, 0.25) is 0 Å². The number of benzene rings is 2. The Bertz CT molecular complexity index is 846. The van der Waals surface area contributed by atoms with Crippen LogP contribution in [-0.2, 0) is 11.8 Å². The molecule has 5 heteroatoms. The Labute approximate surface area is 141 Å². The van der Waals surface area contributed by atoms with Crippen LogP contribution >= 0.6 is 0 Å². The SMILES string of the molecule is CN1c2ccccc2C(C)(C)C12CCc1cc([N+](=O)[O-])ccc1O2. The first kappa shape index (κ1) is 15.0. The second kappa shape index (κ2) is 4.72. The van der Waals surface area contributed by atoms with E-state index in [1.165, 1.54) is 17.3 Å². The summed E-state index contributed by atoms with van der Waals surface area (Å²) in [6.07, 6.45) is 1.55. The van der Waals surface area contributed by atoms with Gasteiger partial charge >= 0.3 is 0 Å². The van der Waals surface area contributed by atoms with Crippen molar-refractivity contribution in [1.82, 2.24) is 0 Å². The van der Waals surface area contributed by atoms with Crippen LogP contribution in [0.1, 0.15) is 31.4 Å². The molecular formula is C19H20N2O3. The number of hydrogen-bond donors (Lipinski definition) is 0. The Morgan fingerprint density at radius 2 is 1.96 bits per heavy atom. The summed E-state index contributed by atoms with van der Waals surface area (Å²) >= 11 is 0. The van der Waals surface area contributed by atoms with Crippen molar-refractivity contribution >= 4 is 11.4 Å². The first-order chi connectivity index (χ1) is 11.4. The number of fused-ring (bicyclic) bond motifs is 2. The van der Waals surface area contributed by atoms with E-state index in [1.54, 1.807) is 12.1 Å². The lowest BCUT2D eigenvalue weighted by atomic mass is 9.74. The molecule has 2 aromatic carbocycles. The van der Waals surface area contributed by atoms with E-state index in [-0.39, 0.29) is 16.0 Å². The molecule has 2 heterocycles. The molecule has 2 aliphatic heterocycles. The minimum atomic E-state index is -0.472. The van der Waals surface area contributed by atoms with Crippen molar-refractivity contribution in [1.29, 1.82) is 0 Å². The van der Waals surface area contributed by atoms with Gasteiger partial charge in [0.25, 0.3) is 5.69 Å². The molecule has 0 aliphatic carbocycles. The van der Waals surface area contributed by atoms with Gasteiger partial charge in [-0.1, -0.05) is 18.2 Å². The lowest BCUT2D eigenvalue weighted by Crippen LogP contribution is -2.60. The second-order valence-electron chi connectivity index (χ2n) is 7.14. The Balaban J connectivity index is 1.80. The van der Waals surface area contributed by atoms with E-state index in [0.29, 0.717) is 0 Å². The Morgan fingerprint density at radius 3 is 2.67 bits per heavy atom. The average molecular weight is 324 g/mol. The molecule has 0 aromatic heterocycles. The van der Waals surface area contributed by atoms with Gasteiger partial charge < -0.3 is 9.64 Å². The first-order valence-electron chi connectivity index (χ1n) is 8.16. The fraction of sp³-hybridized carbons (Fsp3) is 0.368. The zero-order chi connectivity index (χ0) is 17.1. The molecule has 5 nitrogen and oxygen atoms in total. The molecule has 124 valence electrons. The van der Waals surface area contributed by atoms with Crippen LogP contribution in [-0.4, -0.2) is 17.7 Å². The van der Waals surface area contributed by atoms with Crippen molar-refractivity contribution < 1.29 is 9.66 Å². The van der Waals surface area contributed by atoms with Crippen molar-refractivity contribution in [2.24, 2.45) is 0 Å². The molecule has 0 radical (unpaired) electrons. The molecule has 1 atom stereocenters. The van der Waals surface area contributed by atoms with Gasteiger partial charge in [0.1, 0.15) is 5.75 Å². The highest BCUT2D eigenvalue weighted by molar-refractivity contribution is 5.66. The second-order valence-corrected chi connectivity index (χ2v) is 7.14. The molecular weight excluding hydrogens is 304 g/mol. The van der Waals surface area contributed by atoms with Gasteiger partial charge in [0, 0.05) is 36.9 Å². The molecule has 0 N–H and O–H groups in total. The maximum atomic E-state index is 11.0. The fourth-order valence-electron chi connectivity index (χ4n) is 4.31. The highest BCUT2D eigenvalue weighted by Gasteiger charge is 2.58. The number of rotatable bonds is 1. The third kappa shape index (κ3) is 1.75. The summed E-state index contributed by atoms with van der Waals surface area (Å²) in [7, 11) is 2.07. The van der Waals surface area contributed by atoms with E-state index >= 15 is 0 Å². The van der Waals surface area contributed by atoms with E-state index in [1.807, 2.05) is 6.07 Å². The standard InChI is InChI=1S/C19H20N2O3/c1-18(2)15-6-4-5-7-16(15)20(3)19(18)11-10-13-12-14(21(22)23)8-9-17(13)24-19/h4-9,12H,10-11H2,1-3H3. The lowest BCUT2D eigenvalue weighted by molar-refractivity contribution is -0.385. The van der Waals surface area contributed by atoms with Crippen LogP contribution in [0.2, 0.25) is 0 Å². The van der Waals surface area contributed by atoms with Crippen LogP contribution in [0.3, 0.4) is 0 Å². The number of aryl methyl sites for hydroxylation is 1. The van der Waals surface area contributed by atoms with E-state index in [0.717, 1.165) is 24.2 Å². The quantitative estimate of drug-likeness (QED) is 0.587. The number of nitro groups is 1. The van der Waals surface area contributed by atoms with Gasteiger partial charge in [0.05, 0.1) is 10.3 Å². The van der Waals surface area contributed by atoms with Crippen LogP contribution in [0.25, 0.3) is 0 Å². The number of non-ortho nitro benzene ring substituents is 1. The minimum Gasteiger partial charge on any atom is -0.467 e. The number of para-hydroxylation sites is 1. The van der Waals surface area contributed by atoms with Gasteiger partial charge in [0.15, 0.2) is 5.72 Å². The average Bonchev–Trinajstić information content (AvgIpc) is 2.74. The summed E-state index contributed by atoms with van der Waals surface area (Å²) in [5, 5.41) is 11.0. The summed E-state index contributed by atoms with van der Waals surface area (Å²) < 4.78 is 6.53. The largest absolute Gasteiger partial charge is 0.467 e. The molecule has 0 amide bonds. The van der Waals surface area contributed by atoms with E-state index in [2.05, 4.69) is 44.0 Å². The lowest BCUT2D eigenvalue weighted by Gasteiger charge is -2.48. The molecule has 1 unspecified atom stereocenters. The number of hydrogen-bond acceptors (Lipinski definition) is 4. The smallest absolute Gasteiger partial charge is 0.269 e. The van der Waals surface area contributed by atoms with E-state index < -0.39 is 5.72 Å². The van der Waals surface area contributed by atoms with Crippen LogP contribution in [0, 0.1) is 10.1 Å². The predicted octanol–water partition coefficient (Wildman–Crippen LogP) is 4.04. The van der Waals surface area contributed by atoms with Crippen LogP contribution < -0.4 is 9.64 Å². The van der Waals surface area contributed by atoms with Gasteiger partial charge in [-0.25, -0.2) is 0 Å². The number of anilines is 1. The summed E-state index contributed by atoms with van der Waals surface area (Å²) in [5.41, 5.74) is 2.84. The number of nitro benzene ring substituents is 1. The first-order valence-corrected chi connectivity index (χ1v) is 8.16. The number of ether oxygens (including phenoxy) is 1. The number of nitrogens with zero attached hydrogens (tertiary/aromatic N) is 2. The molecule has 2 aliphatic rings. The third-order valence-electron chi connectivity index (χ3n) is 5.72. The van der Waals surface area contributed by atoms with Crippen molar-refractivity contribution in [2.45, 2.75) is 37.8 Å². The molecule has 1 spiro atoms. The van der Waals surface area contributed by atoms with Gasteiger partial charge in [-0.2, -0.15) is 0 Å². The van der Waals surface area contributed by atoms with Crippen molar-refractivity contribution in [3.05, 3.63) is 63.7 Å². The summed E-state index contributed by atoms with van der Waals surface area (Å²) in [6, 6.07) is 13.3. The van der Waals surface area contributed by atoms with Crippen LogP contribution in [0.4, 0.5) is 11.4 Å². The van der Waals surface area contributed by atoms with Crippen molar-refractivity contribution in [3.63, 3.8) is 0 Å². The molecule has 4 rings (SSSR count). The minimum absolute atomic E-state index is 0.121. The maximum Gasteiger partial charge on any atom is 0.269 e. The molecule has 0 saturated carbocycles. The van der Waals surface area contributed by atoms with Crippen molar-refractivity contribution in [2.75, 3.05) is 11.9 Å². The molecule has 2 aromatic rings. The van der Waals surface area contributed by atoms with E-state index in [9.17, 15) is 10.1 Å². The summed E-state index contributed by atoms with van der Waals surface area (Å²) in [6.45, 7) is 4.43. The molecule has 24 heavy (non-hydrogen) atoms. The number of likely N-dealkylation sites (N-methyl/N-ethyl adjacent to an activating group) is 1. The van der Waals surface area contributed by atoms with Crippen LogP contribution in [0.15, 0.2) is 42.5 Å². The van der Waals surface area contributed by atoms with Gasteiger partial charge in [-0.05, 0) is 38.0 Å². The van der Waals surface area contributed by atoms with Gasteiger partial charge in [-0.15, -0.1) is 0 Å². The third-order valence-corrected chi connectivity index (χ3v) is 5.72. The van der Waals surface area contributed by atoms with E-state index in [4.69, 9.17) is 4.74 Å². The summed E-state index contributed by atoms with van der Waals surface area (Å²) in [5.74, 6) is 0.750. The molecule has 0 saturated heterocycles.